The van der Waals surface area contributed by atoms with E-state index in [2.05, 4.69) is 14.7 Å². The quantitative estimate of drug-likeness (QED) is 0.928. The van der Waals surface area contributed by atoms with Crippen LogP contribution < -0.4 is 4.72 Å². The molecule has 0 spiro atoms. The van der Waals surface area contributed by atoms with Crippen LogP contribution in [0.1, 0.15) is 11.1 Å². The summed E-state index contributed by atoms with van der Waals surface area (Å²) in [5.41, 5.74) is 0.850. The van der Waals surface area contributed by atoms with E-state index >= 15 is 0 Å². The number of anilines is 1. The van der Waals surface area contributed by atoms with Gasteiger partial charge < -0.3 is 0 Å². The van der Waals surface area contributed by atoms with E-state index in [1.54, 1.807) is 19.1 Å². The van der Waals surface area contributed by atoms with Crippen LogP contribution in [0.5, 0.6) is 0 Å². The molecule has 0 aliphatic rings. The van der Waals surface area contributed by atoms with Gasteiger partial charge in [-0.15, -0.1) is 0 Å². The average Bonchev–Trinajstić information content (AvgIpc) is 2.34. The monoisotopic (exact) mass is 281 g/mol. The molecule has 100 valence electrons. The zero-order valence-corrected chi connectivity index (χ0v) is 11.0. The summed E-state index contributed by atoms with van der Waals surface area (Å²) in [6, 6.07) is 4.34. The maximum Gasteiger partial charge on any atom is 0.238 e. The van der Waals surface area contributed by atoms with Crippen molar-refractivity contribution in [3.05, 3.63) is 53.7 Å². The Morgan fingerprint density at radius 1 is 1.32 bits per heavy atom. The summed E-state index contributed by atoms with van der Waals surface area (Å²) in [6.45, 7) is 1.62. The molecule has 1 aromatic heterocycles. The highest BCUT2D eigenvalue weighted by atomic mass is 32.2. The topological polar surface area (TPSA) is 72.0 Å². The molecule has 0 fully saturated rings. The Morgan fingerprint density at radius 2 is 2.11 bits per heavy atom. The minimum absolute atomic E-state index is 0.134. The van der Waals surface area contributed by atoms with Gasteiger partial charge in [0, 0.05) is 12.4 Å². The summed E-state index contributed by atoms with van der Waals surface area (Å²) in [6.07, 6.45) is 4.11. The van der Waals surface area contributed by atoms with E-state index in [9.17, 15) is 12.8 Å². The van der Waals surface area contributed by atoms with Crippen molar-refractivity contribution >= 4 is 15.8 Å². The standard InChI is InChI=1S/C12H12FN3O2S/c1-9-2-3-10(6-11(9)13)8-19(17,18)16-12-7-14-4-5-15-12/h2-7H,8H2,1H3,(H,15,16). The Bertz CT molecular complexity index is 675. The van der Waals surface area contributed by atoms with Gasteiger partial charge in [0.05, 0.1) is 11.9 Å². The highest BCUT2D eigenvalue weighted by molar-refractivity contribution is 7.91. The van der Waals surface area contributed by atoms with Gasteiger partial charge in [0.15, 0.2) is 5.82 Å². The van der Waals surface area contributed by atoms with E-state index in [0.29, 0.717) is 11.1 Å². The number of aryl methyl sites for hydroxylation is 1. The summed E-state index contributed by atoms with van der Waals surface area (Å²) in [7, 11) is -3.64. The summed E-state index contributed by atoms with van der Waals surface area (Å²) in [5, 5.41) is 0. The van der Waals surface area contributed by atoms with E-state index in [-0.39, 0.29) is 11.6 Å². The number of hydrogen-bond donors (Lipinski definition) is 1. The Hall–Kier alpha value is -2.02. The SMILES string of the molecule is Cc1ccc(CS(=O)(=O)Nc2cnccn2)cc1F. The largest absolute Gasteiger partial charge is 0.266 e. The molecular formula is C12H12FN3O2S. The van der Waals surface area contributed by atoms with Gasteiger partial charge >= 0.3 is 0 Å². The molecule has 2 rings (SSSR count). The van der Waals surface area contributed by atoms with E-state index in [1.807, 2.05) is 0 Å². The Balaban J connectivity index is 2.15. The third kappa shape index (κ3) is 3.72. The van der Waals surface area contributed by atoms with Crippen molar-refractivity contribution in [2.24, 2.45) is 0 Å². The van der Waals surface area contributed by atoms with Crippen LogP contribution >= 0.6 is 0 Å². The number of hydrogen-bond acceptors (Lipinski definition) is 4. The van der Waals surface area contributed by atoms with E-state index in [4.69, 9.17) is 0 Å². The highest BCUT2D eigenvalue weighted by Crippen LogP contribution is 2.13. The maximum absolute atomic E-state index is 13.3. The van der Waals surface area contributed by atoms with Crippen LogP contribution in [0.25, 0.3) is 0 Å². The summed E-state index contributed by atoms with van der Waals surface area (Å²) < 4.78 is 39.3. The molecule has 0 amide bonds. The van der Waals surface area contributed by atoms with Gasteiger partial charge in [-0.25, -0.2) is 17.8 Å². The number of rotatable bonds is 4. The molecule has 19 heavy (non-hydrogen) atoms. The Kier molecular flexibility index (Phi) is 3.75. The van der Waals surface area contributed by atoms with Crippen LogP contribution in [0.15, 0.2) is 36.8 Å². The molecule has 2 aromatic rings. The predicted molar refractivity (Wildman–Crippen MR) is 69.4 cm³/mol. The van der Waals surface area contributed by atoms with Crippen LogP contribution in [-0.4, -0.2) is 18.4 Å². The molecule has 0 aliphatic heterocycles. The Morgan fingerprint density at radius 3 is 2.74 bits per heavy atom. The van der Waals surface area contributed by atoms with E-state index in [0.717, 1.165) is 0 Å². The van der Waals surface area contributed by atoms with Crippen molar-refractivity contribution in [2.45, 2.75) is 12.7 Å². The number of nitrogens with one attached hydrogen (secondary N) is 1. The van der Waals surface area contributed by atoms with E-state index < -0.39 is 15.8 Å². The number of benzene rings is 1. The normalized spacial score (nSPS) is 11.3. The zero-order chi connectivity index (χ0) is 13.9. The molecule has 7 heteroatoms. The number of sulfonamides is 1. The van der Waals surface area contributed by atoms with E-state index in [1.165, 1.54) is 24.7 Å². The number of nitrogens with zero attached hydrogens (tertiary/aromatic N) is 2. The minimum atomic E-state index is -3.64. The lowest BCUT2D eigenvalue weighted by Crippen LogP contribution is -2.16. The fourth-order valence-corrected chi connectivity index (χ4v) is 2.61. The van der Waals surface area contributed by atoms with Gasteiger partial charge in [0.2, 0.25) is 10.0 Å². The first-order chi connectivity index (χ1) is 8.96. The van der Waals surface area contributed by atoms with Gasteiger partial charge in [0.25, 0.3) is 0 Å². The molecule has 0 saturated carbocycles. The lowest BCUT2D eigenvalue weighted by molar-refractivity contribution is 0.599. The van der Waals surface area contributed by atoms with Crippen LogP contribution in [-0.2, 0) is 15.8 Å². The molecule has 1 heterocycles. The fourth-order valence-electron chi connectivity index (χ4n) is 1.49. The molecule has 0 radical (unpaired) electrons. The van der Waals surface area contributed by atoms with Crippen LogP contribution in [0, 0.1) is 12.7 Å². The first-order valence-corrected chi connectivity index (χ1v) is 7.13. The van der Waals surface area contributed by atoms with Crippen LogP contribution in [0.2, 0.25) is 0 Å². The second kappa shape index (κ2) is 5.31. The van der Waals surface area contributed by atoms with Gasteiger partial charge in [-0.1, -0.05) is 12.1 Å². The summed E-state index contributed by atoms with van der Waals surface area (Å²) >= 11 is 0. The van der Waals surface area contributed by atoms with Gasteiger partial charge in [-0.2, -0.15) is 0 Å². The average molecular weight is 281 g/mol. The van der Waals surface area contributed by atoms with Gasteiger partial charge in [0.1, 0.15) is 5.82 Å². The predicted octanol–water partition coefficient (Wildman–Crippen LogP) is 1.87. The minimum Gasteiger partial charge on any atom is -0.266 e. The molecule has 1 N–H and O–H groups in total. The third-order valence-corrected chi connectivity index (χ3v) is 3.65. The molecule has 0 saturated heterocycles. The number of halogens is 1. The third-order valence-electron chi connectivity index (χ3n) is 2.42. The van der Waals surface area contributed by atoms with Crippen molar-refractivity contribution in [3.8, 4) is 0 Å². The van der Waals surface area contributed by atoms with Crippen molar-refractivity contribution in [3.63, 3.8) is 0 Å². The maximum atomic E-state index is 13.3. The first kappa shape index (κ1) is 13.4. The Labute approximate surface area is 110 Å². The molecular weight excluding hydrogens is 269 g/mol. The second-order valence-corrected chi connectivity index (χ2v) is 5.76. The van der Waals surface area contributed by atoms with Crippen molar-refractivity contribution in [2.75, 3.05) is 4.72 Å². The molecule has 0 bridgehead atoms. The molecule has 5 nitrogen and oxygen atoms in total. The molecule has 1 aromatic carbocycles. The highest BCUT2D eigenvalue weighted by Gasteiger charge is 2.13. The van der Waals surface area contributed by atoms with Crippen molar-refractivity contribution in [1.82, 2.24) is 9.97 Å². The van der Waals surface area contributed by atoms with Crippen LogP contribution in [0.3, 0.4) is 0 Å². The van der Waals surface area contributed by atoms with Crippen LogP contribution in [0.4, 0.5) is 10.2 Å². The zero-order valence-electron chi connectivity index (χ0n) is 10.2. The summed E-state index contributed by atoms with van der Waals surface area (Å²) in [5.74, 6) is -0.608. The first-order valence-electron chi connectivity index (χ1n) is 5.48. The smallest absolute Gasteiger partial charge is 0.238 e. The second-order valence-electron chi connectivity index (χ2n) is 4.04. The number of aromatic nitrogens is 2. The fraction of sp³-hybridized carbons (Fsp3) is 0.167. The van der Waals surface area contributed by atoms with Crippen molar-refractivity contribution < 1.29 is 12.8 Å². The van der Waals surface area contributed by atoms with Gasteiger partial charge in [-0.05, 0) is 24.1 Å². The lowest BCUT2D eigenvalue weighted by Gasteiger charge is -2.07. The summed E-state index contributed by atoms with van der Waals surface area (Å²) in [4.78, 5) is 7.56. The molecule has 0 unspecified atom stereocenters. The lowest BCUT2D eigenvalue weighted by atomic mass is 10.2. The van der Waals surface area contributed by atoms with Crippen molar-refractivity contribution in [1.29, 1.82) is 0 Å². The molecule has 0 atom stereocenters. The van der Waals surface area contributed by atoms with Gasteiger partial charge in [-0.3, -0.25) is 9.71 Å². The molecule has 0 aliphatic carbocycles.